The lowest BCUT2D eigenvalue weighted by Gasteiger charge is -2.32. The van der Waals surface area contributed by atoms with Gasteiger partial charge < -0.3 is 83.4 Å². The van der Waals surface area contributed by atoms with Crippen molar-refractivity contribution in [2.45, 2.75) is 182 Å². The van der Waals surface area contributed by atoms with Crippen LogP contribution in [0.1, 0.15) is 41.5 Å². The van der Waals surface area contributed by atoms with Crippen LogP contribution in [0.3, 0.4) is 0 Å². The highest BCUT2D eigenvalue weighted by Crippen LogP contribution is 2.25. The third-order valence-electron chi connectivity index (χ3n) is 11.2. The largest absolute Gasteiger partial charge is 0.464 e. The van der Waals surface area contributed by atoms with E-state index >= 15 is 0 Å². The van der Waals surface area contributed by atoms with Crippen LogP contribution >= 0.6 is 0 Å². The molecule has 40 heteroatoms. The lowest BCUT2D eigenvalue weighted by molar-refractivity contribution is -0.186. The molecule has 2 unspecified atom stereocenters. The average Bonchev–Trinajstić information content (AvgIpc) is 0.828. The molecule has 2 atom stereocenters. The first-order valence-electron chi connectivity index (χ1n) is 32.9. The second kappa shape index (κ2) is 61.0. The van der Waals surface area contributed by atoms with Crippen LogP contribution in [-0.4, -0.2) is 258 Å². The van der Waals surface area contributed by atoms with E-state index in [1.54, 1.807) is 56.6 Å². The first kappa shape index (κ1) is 117. The minimum atomic E-state index is -4.81. The number of hydrogen-bond donors (Lipinski definition) is 0. The molecule has 109 heavy (non-hydrogen) atoms. The van der Waals surface area contributed by atoms with Crippen molar-refractivity contribution in [2.24, 2.45) is 0 Å². The fraction of sp³-hybridized carbons (Fsp3) is 0.667. The second-order valence-corrected chi connectivity index (χ2v) is 50.8. The Morgan fingerprint density at radius 2 is 0.459 bits per heavy atom. The Bertz CT molecular complexity index is 2540. The van der Waals surface area contributed by atoms with E-state index in [2.05, 4.69) is 66.8 Å². The van der Waals surface area contributed by atoms with Gasteiger partial charge in [-0.05, 0) is 91.7 Å². The van der Waals surface area contributed by atoms with Crippen LogP contribution in [0.25, 0.3) is 0 Å². The van der Waals surface area contributed by atoms with Gasteiger partial charge in [0.05, 0.1) is 106 Å². The highest BCUT2D eigenvalue weighted by Gasteiger charge is 2.48. The molecule has 25 nitrogen and oxygen atoms in total. The average molecular weight is 1690 g/mol. The topological polar surface area (TPSA) is 286 Å². The molecule has 0 saturated heterocycles. The van der Waals surface area contributed by atoms with Crippen molar-refractivity contribution in [2.75, 3.05) is 119 Å². The number of hydrogen-bond acceptors (Lipinski definition) is 25. The Kier molecular flexibility index (Phi) is 65.3. The van der Waals surface area contributed by atoms with Crippen molar-refractivity contribution in [3.05, 3.63) is 101 Å². The molecule has 0 amide bonds. The molecule has 0 N–H and O–H groups in total. The van der Waals surface area contributed by atoms with Crippen LogP contribution in [0.4, 0.5) is 58.7 Å². The molecule has 0 saturated carbocycles. The van der Waals surface area contributed by atoms with Crippen LogP contribution in [0.2, 0.25) is 91.7 Å². The normalized spacial score (nSPS) is 12.4. The van der Waals surface area contributed by atoms with E-state index in [1.165, 1.54) is 18.2 Å². The summed E-state index contributed by atoms with van der Waals surface area (Å²) in [5.74, 6) is -4.68. The standard InChI is InChI=1S/C24H42O9Si2.C18H40O7Si4.C12H14F6O5.C12H17F3O4.3CH4/c1-9-13-27-17-21(18-28-14-10-2)31-23(25)34(5,6)33-35(7,8)24(26)32-22(19-29-15-11-3)20-30-16-12-4;1-12-13-21-14-16(23-18(20)29(10,11)25-27(5,6)7)15-22-17(19)28(8,9)24-26(2,3)4;1-2-3-21-6-8(23-10(20)5-12(16,17)18)7-22-9(19)4-11(13,14)15;1-3-5-17-8-10(9-18-6-4-2)19-11(16)7-12(13,14)15;;;/h9-12,21-22H,1-4,13-20H2,5-8H3;12,16H,1,13-15H2,2-11H3;2,8H,1,3-7H2;3-4,10H,1-2,5-9H2;3*1H4. The maximum Gasteiger partial charge on any atom is 0.399 e. The summed E-state index contributed by atoms with van der Waals surface area (Å²) in [5, 5.41) is 0. The van der Waals surface area contributed by atoms with E-state index < -0.39 is 161 Å². The fourth-order valence-electron chi connectivity index (χ4n) is 7.58. The molecule has 0 spiro atoms. The van der Waals surface area contributed by atoms with Gasteiger partial charge >= 0.3 is 92.1 Å². The molecular weight excluding hydrogens is 1570 g/mol. The van der Waals surface area contributed by atoms with Crippen molar-refractivity contribution in [1.29, 1.82) is 0 Å². The number of esters is 3. The van der Waals surface area contributed by atoms with Crippen molar-refractivity contribution >= 4 is 90.2 Å². The lowest BCUT2D eigenvalue weighted by atomic mass is 10.3. The Morgan fingerprint density at radius 3 is 0.679 bits per heavy atom. The summed E-state index contributed by atoms with van der Waals surface area (Å²) in [4.78, 5) is 84.2. The first-order chi connectivity index (χ1) is 48.7. The highest BCUT2D eigenvalue weighted by atomic mass is 28.4. The maximum absolute atomic E-state index is 13.0. The Balaban J connectivity index is -0.000000258. The molecule has 0 aliphatic carbocycles. The third kappa shape index (κ3) is 70.1. The minimum Gasteiger partial charge on any atom is -0.464 e. The SMILES string of the molecule is C.C.C.C=CCOCC(COC(=O)CC(F)(F)F)OC(=O)CC(F)(F)F.C=CCOCC(COC(=O)[Si](C)(C)O[Si](C)(C)C)OC(=O)[Si](C)(C)O[Si](C)(C)C.C=CCOCC(COCC=C)OC(=O)CC(F)(F)F.C=CCOCC(COCC=C)OC(=O)[Si](C)(C)O[Si](C)(C)C(=O)OC(COCC=C)COCC=C. The van der Waals surface area contributed by atoms with Gasteiger partial charge in [-0.1, -0.05) is 70.9 Å². The number of rotatable bonds is 54. The molecule has 0 fully saturated rings. The van der Waals surface area contributed by atoms with E-state index in [4.69, 9.17) is 69.2 Å². The highest BCUT2D eigenvalue weighted by molar-refractivity contribution is 7.09. The fourth-order valence-corrected chi connectivity index (χ4v) is 28.1. The summed E-state index contributed by atoms with van der Waals surface area (Å²) in [6.07, 6.45) is -11.7. The molecule has 0 aliphatic heterocycles. The van der Waals surface area contributed by atoms with Gasteiger partial charge in [0.15, 0.2) is 28.8 Å². The predicted molar refractivity (Wildman–Crippen MR) is 413 cm³/mol. The van der Waals surface area contributed by atoms with Crippen LogP contribution in [0, 0.1) is 0 Å². The van der Waals surface area contributed by atoms with Crippen LogP contribution in [-0.2, 0) is 97.8 Å². The minimum absolute atomic E-state index is 0. The van der Waals surface area contributed by atoms with Crippen molar-refractivity contribution < 1.29 is 156 Å². The first-order valence-corrected chi connectivity index (χ1v) is 51.3. The van der Waals surface area contributed by atoms with Gasteiger partial charge in [-0.25, -0.2) is 0 Å². The number of carbonyl (C=O) groups excluding carboxylic acids is 7. The molecule has 0 heterocycles. The zero-order valence-electron chi connectivity index (χ0n) is 63.6. The third-order valence-corrected chi connectivity index (χ3v) is 28.7. The van der Waals surface area contributed by atoms with Crippen molar-refractivity contribution in [3.8, 4) is 0 Å². The summed E-state index contributed by atoms with van der Waals surface area (Å²) in [6.45, 7) is 55.4. The molecule has 0 aromatic rings. The van der Waals surface area contributed by atoms with Gasteiger partial charge in [0, 0.05) is 0 Å². The van der Waals surface area contributed by atoms with Crippen LogP contribution < -0.4 is 0 Å². The van der Waals surface area contributed by atoms with E-state index in [0.29, 0.717) is 33.0 Å². The summed E-state index contributed by atoms with van der Waals surface area (Å²) in [6, 6.07) is 0. The molecule has 0 radical (unpaired) electrons. The summed E-state index contributed by atoms with van der Waals surface area (Å²) >= 11 is 0. The van der Waals surface area contributed by atoms with Gasteiger partial charge in [-0.15, -0.1) is 52.6 Å². The second-order valence-electron chi connectivity index (χ2n) is 26.1. The summed E-state index contributed by atoms with van der Waals surface area (Å²) in [7, 11) is -15.4. The monoisotopic (exact) mass is 1690 g/mol. The van der Waals surface area contributed by atoms with E-state index in [-0.39, 0.29) is 106 Å². The van der Waals surface area contributed by atoms with Crippen molar-refractivity contribution in [3.63, 3.8) is 0 Å². The summed E-state index contributed by atoms with van der Waals surface area (Å²) < 4.78 is 204. The van der Waals surface area contributed by atoms with Gasteiger partial charge in [0.1, 0.15) is 50.8 Å². The lowest BCUT2D eigenvalue weighted by Crippen LogP contribution is -2.56. The molecule has 0 rings (SSSR count). The Labute approximate surface area is 646 Å². The zero-order valence-corrected chi connectivity index (χ0v) is 69.6. The molecule has 0 aromatic heterocycles. The van der Waals surface area contributed by atoms with E-state index in [0.717, 1.165) is 0 Å². The molecule has 0 aromatic carbocycles. The smallest absolute Gasteiger partial charge is 0.399 e. The van der Waals surface area contributed by atoms with Gasteiger partial charge in [-0.2, -0.15) is 39.5 Å². The summed E-state index contributed by atoms with van der Waals surface area (Å²) in [5.41, 5.74) is -1.77. The molecule has 0 aliphatic rings. The van der Waals surface area contributed by atoms with Crippen LogP contribution in [0.5, 0.6) is 0 Å². The van der Waals surface area contributed by atoms with E-state index in [9.17, 15) is 73.1 Å². The molecule has 0 bridgehead atoms. The number of ether oxygens (including phenoxy) is 15. The van der Waals surface area contributed by atoms with Gasteiger partial charge in [-0.3, -0.25) is 33.6 Å². The van der Waals surface area contributed by atoms with E-state index in [1.807, 2.05) is 65.5 Å². The Hall–Kier alpha value is -5.56. The molecular formula is C69H125F9O25Si6. The van der Waals surface area contributed by atoms with Crippen LogP contribution in [0.15, 0.2) is 101 Å². The predicted octanol–water partition coefficient (Wildman–Crippen LogP) is 16.2. The number of carbonyl (C=O) groups is 7. The zero-order chi connectivity index (χ0) is 82.7. The molecule has 638 valence electrons. The number of alkyl halides is 9. The van der Waals surface area contributed by atoms with Gasteiger partial charge in [0.25, 0.3) is 0 Å². The Morgan fingerprint density at radius 1 is 0.275 bits per heavy atom. The number of halogens is 9. The maximum atomic E-state index is 13.0. The van der Waals surface area contributed by atoms with Gasteiger partial charge in [0.2, 0.25) is 0 Å². The van der Waals surface area contributed by atoms with Crippen molar-refractivity contribution in [1.82, 2.24) is 0 Å². The quantitative estimate of drug-likeness (QED) is 0.0136.